The highest BCUT2D eigenvalue weighted by atomic mass is 32.1. The Morgan fingerprint density at radius 1 is 1.17 bits per heavy atom. The average Bonchev–Trinajstić information content (AvgIpc) is 3.36. The highest BCUT2D eigenvalue weighted by Crippen LogP contribution is 2.36. The Labute approximate surface area is 217 Å². The van der Waals surface area contributed by atoms with E-state index in [0.29, 0.717) is 17.1 Å². The quantitative estimate of drug-likeness (QED) is 0.347. The summed E-state index contributed by atoms with van der Waals surface area (Å²) >= 11 is 1.26. The molecule has 3 heterocycles. The number of fused-ring (bicyclic) bond motifs is 1. The van der Waals surface area contributed by atoms with E-state index in [1.807, 2.05) is 13.8 Å². The predicted molar refractivity (Wildman–Crippen MR) is 137 cm³/mol. The molecule has 0 saturated carbocycles. The summed E-state index contributed by atoms with van der Waals surface area (Å²) < 4.78 is 11.7. The number of nitrogens with zero attached hydrogens (tertiary/aromatic N) is 1. The van der Waals surface area contributed by atoms with E-state index in [0.717, 1.165) is 24.8 Å². The van der Waals surface area contributed by atoms with Gasteiger partial charge in [-0.15, -0.1) is 11.3 Å². The molecular weight excluding hydrogens is 482 g/mol. The first-order valence-corrected chi connectivity index (χ1v) is 13.6. The van der Waals surface area contributed by atoms with Gasteiger partial charge in [0.2, 0.25) is 0 Å². The molecule has 2 fully saturated rings. The van der Waals surface area contributed by atoms with Crippen molar-refractivity contribution < 1.29 is 34.1 Å². The lowest BCUT2D eigenvalue weighted by molar-refractivity contribution is -0.154. The average molecular weight is 522 g/mol. The molecule has 0 aromatic carbocycles. The maximum absolute atomic E-state index is 13.2. The van der Waals surface area contributed by atoms with Crippen LogP contribution in [0.4, 0.5) is 0 Å². The van der Waals surface area contributed by atoms with E-state index in [4.69, 9.17) is 9.47 Å². The van der Waals surface area contributed by atoms with Crippen molar-refractivity contribution in [3.05, 3.63) is 21.7 Å². The summed E-state index contributed by atoms with van der Waals surface area (Å²) in [5.74, 6) is -1.76. The molecular formula is C27H39NO7S. The molecule has 1 aromatic heterocycles. The minimum absolute atomic E-state index is 0.0515. The molecule has 2 saturated heterocycles. The number of carbonyl (C=O) groups excluding carboxylic acids is 3. The first kappa shape index (κ1) is 28.6. The third-order valence-electron chi connectivity index (χ3n) is 7.60. The Bertz CT molecular complexity index is 1000. The SMILES string of the molecule is CC(=O)c1nc(/C=C(\C)[C@@H]2C[C@@H]3O[C@@H]3CCC[C@H](C)[C@H](O)[C@@H](C)C(=O)C(C)(C)[C@@H](O)CC(=O)O2)cs1. The fraction of sp³-hybridized carbons (Fsp3) is 0.704. The fourth-order valence-corrected chi connectivity index (χ4v) is 5.53. The molecule has 7 atom stereocenters. The van der Waals surface area contributed by atoms with E-state index in [9.17, 15) is 24.6 Å². The van der Waals surface area contributed by atoms with Crippen molar-refractivity contribution in [3.63, 3.8) is 0 Å². The van der Waals surface area contributed by atoms with Crippen molar-refractivity contribution in [1.82, 2.24) is 4.98 Å². The van der Waals surface area contributed by atoms with Crippen LogP contribution in [0.3, 0.4) is 0 Å². The van der Waals surface area contributed by atoms with Crippen molar-refractivity contribution >= 4 is 34.9 Å². The number of ketones is 2. The number of hydrogen-bond acceptors (Lipinski definition) is 9. The van der Waals surface area contributed by atoms with Gasteiger partial charge in [0.05, 0.1) is 41.9 Å². The summed E-state index contributed by atoms with van der Waals surface area (Å²) in [6.07, 6.45) is 1.68. The second-order valence-corrected chi connectivity index (χ2v) is 11.8. The maximum atomic E-state index is 13.2. The Morgan fingerprint density at radius 2 is 1.86 bits per heavy atom. The van der Waals surface area contributed by atoms with Gasteiger partial charge in [0.1, 0.15) is 11.9 Å². The van der Waals surface area contributed by atoms with Crippen LogP contribution in [0.5, 0.6) is 0 Å². The van der Waals surface area contributed by atoms with Gasteiger partial charge < -0.3 is 19.7 Å². The van der Waals surface area contributed by atoms with Crippen LogP contribution in [-0.4, -0.2) is 63.3 Å². The van der Waals surface area contributed by atoms with E-state index < -0.39 is 35.6 Å². The minimum atomic E-state index is -1.26. The highest BCUT2D eigenvalue weighted by Gasteiger charge is 2.44. The second kappa shape index (κ2) is 11.6. The van der Waals surface area contributed by atoms with E-state index in [2.05, 4.69) is 4.98 Å². The number of hydrogen-bond donors (Lipinski definition) is 2. The molecule has 9 heteroatoms. The molecule has 200 valence electrons. The summed E-state index contributed by atoms with van der Waals surface area (Å²) in [5.41, 5.74) is 0.145. The first-order chi connectivity index (χ1) is 16.8. The van der Waals surface area contributed by atoms with Crippen molar-refractivity contribution in [2.45, 2.75) is 104 Å². The lowest BCUT2D eigenvalue weighted by atomic mass is 9.73. The van der Waals surface area contributed by atoms with E-state index >= 15 is 0 Å². The van der Waals surface area contributed by atoms with Crippen LogP contribution in [0.25, 0.3) is 6.08 Å². The van der Waals surface area contributed by atoms with Crippen LogP contribution in [0.15, 0.2) is 11.0 Å². The molecule has 2 aliphatic heterocycles. The number of rotatable bonds is 3. The zero-order valence-electron chi connectivity index (χ0n) is 22.0. The van der Waals surface area contributed by atoms with E-state index in [1.54, 1.807) is 32.2 Å². The molecule has 0 amide bonds. The van der Waals surface area contributed by atoms with Crippen LogP contribution < -0.4 is 0 Å². The van der Waals surface area contributed by atoms with Gasteiger partial charge in [-0.25, -0.2) is 4.98 Å². The predicted octanol–water partition coefficient (Wildman–Crippen LogP) is 3.98. The second-order valence-electron chi connectivity index (χ2n) is 10.9. The molecule has 3 rings (SSSR count). The van der Waals surface area contributed by atoms with Gasteiger partial charge in [-0.1, -0.05) is 34.1 Å². The van der Waals surface area contributed by atoms with E-state index in [1.165, 1.54) is 18.3 Å². The lowest BCUT2D eigenvalue weighted by Crippen LogP contribution is -2.45. The number of ether oxygens (including phenoxy) is 2. The van der Waals surface area contributed by atoms with Crippen molar-refractivity contribution in [1.29, 1.82) is 0 Å². The summed E-state index contributed by atoms with van der Waals surface area (Å²) in [7, 11) is 0. The van der Waals surface area contributed by atoms with Gasteiger partial charge in [0.15, 0.2) is 10.8 Å². The zero-order chi connectivity index (χ0) is 26.8. The van der Waals surface area contributed by atoms with Gasteiger partial charge in [0, 0.05) is 24.6 Å². The number of Topliss-reactive ketones (excluding diaryl/α,β-unsaturated/α-hetero) is 2. The molecule has 8 nitrogen and oxygen atoms in total. The van der Waals surface area contributed by atoms with Crippen molar-refractivity contribution in [3.8, 4) is 0 Å². The highest BCUT2D eigenvalue weighted by molar-refractivity contribution is 7.11. The molecule has 0 unspecified atom stereocenters. The van der Waals surface area contributed by atoms with Crippen LogP contribution in [0.2, 0.25) is 0 Å². The summed E-state index contributed by atoms with van der Waals surface area (Å²) in [6.45, 7) is 10.1. The van der Waals surface area contributed by atoms with Gasteiger partial charge >= 0.3 is 5.97 Å². The van der Waals surface area contributed by atoms with Crippen LogP contribution in [-0.2, 0) is 19.1 Å². The molecule has 0 aliphatic carbocycles. The van der Waals surface area contributed by atoms with Crippen molar-refractivity contribution in [2.24, 2.45) is 17.3 Å². The Balaban J connectivity index is 1.82. The number of thiazole rings is 1. The maximum Gasteiger partial charge on any atom is 0.309 e. The molecule has 36 heavy (non-hydrogen) atoms. The summed E-state index contributed by atoms with van der Waals surface area (Å²) in [5, 5.41) is 23.8. The monoisotopic (exact) mass is 521 g/mol. The fourth-order valence-electron chi connectivity index (χ4n) is 4.85. The third-order valence-corrected chi connectivity index (χ3v) is 8.56. The Morgan fingerprint density at radius 3 is 2.50 bits per heavy atom. The van der Waals surface area contributed by atoms with E-state index in [-0.39, 0.29) is 36.1 Å². The standard InChI is InChI=1S/C27H39NO7S/c1-14-8-7-9-19-21(34-19)11-20(15(2)10-18-13-36-26(28-18)17(4)29)35-23(31)12-22(30)27(5,6)25(33)16(3)24(14)32/h10,13-14,16,19-22,24,30,32H,7-9,11-12H2,1-6H3/b15-10+/t14-,16+,19+,20-,21-,22-,24-/m0/s1. The molecule has 0 bridgehead atoms. The summed E-state index contributed by atoms with van der Waals surface area (Å²) in [6, 6.07) is 0. The number of aliphatic hydroxyl groups excluding tert-OH is 2. The zero-order valence-corrected chi connectivity index (χ0v) is 22.8. The Kier molecular flexibility index (Phi) is 9.25. The molecule has 1 aromatic rings. The van der Waals surface area contributed by atoms with Crippen LogP contribution >= 0.6 is 11.3 Å². The Hall–Kier alpha value is -1.94. The van der Waals surface area contributed by atoms with Gasteiger partial charge in [-0.2, -0.15) is 0 Å². The molecule has 2 aliphatic rings. The number of aromatic nitrogens is 1. The number of aliphatic hydroxyl groups is 2. The number of cyclic esters (lactones) is 1. The molecule has 2 N–H and O–H groups in total. The normalized spacial score (nSPS) is 34.6. The number of carbonyl (C=O) groups is 3. The summed E-state index contributed by atoms with van der Waals surface area (Å²) in [4.78, 5) is 42.0. The van der Waals surface area contributed by atoms with Crippen molar-refractivity contribution in [2.75, 3.05) is 0 Å². The van der Waals surface area contributed by atoms with Gasteiger partial charge in [-0.05, 0) is 37.3 Å². The molecule has 0 spiro atoms. The molecule has 0 radical (unpaired) electrons. The van der Waals surface area contributed by atoms with Crippen LogP contribution in [0, 0.1) is 17.3 Å². The van der Waals surface area contributed by atoms with Gasteiger partial charge in [-0.3, -0.25) is 14.4 Å². The third kappa shape index (κ3) is 6.88. The largest absolute Gasteiger partial charge is 0.458 e. The van der Waals surface area contributed by atoms with Gasteiger partial charge in [0.25, 0.3) is 0 Å². The topological polar surface area (TPSA) is 126 Å². The first-order valence-electron chi connectivity index (χ1n) is 12.7. The smallest absolute Gasteiger partial charge is 0.309 e. The number of epoxide rings is 1. The van der Waals surface area contributed by atoms with Crippen LogP contribution in [0.1, 0.15) is 89.1 Å². The number of esters is 1. The lowest BCUT2D eigenvalue weighted by Gasteiger charge is -2.34. The minimum Gasteiger partial charge on any atom is -0.458 e.